The predicted molar refractivity (Wildman–Crippen MR) is 123 cm³/mol. The molecule has 0 nitrogen and oxygen atoms in total. The van der Waals surface area contributed by atoms with Crippen molar-refractivity contribution in [1.29, 1.82) is 0 Å². The van der Waals surface area contributed by atoms with Crippen molar-refractivity contribution in [2.24, 2.45) is 0 Å². The number of fused-ring (bicyclic) bond motifs is 4. The van der Waals surface area contributed by atoms with E-state index in [0.29, 0.717) is 0 Å². The molecular weight excluding hydrogens is 348 g/mol. The maximum Gasteiger partial charge on any atom is -0.000684 e. The second-order valence-electron chi connectivity index (χ2n) is 7.78. The van der Waals surface area contributed by atoms with Crippen molar-refractivity contribution in [3.8, 4) is 33.4 Å². The number of benzene rings is 5. The Morgan fingerprint density at radius 3 is 1.76 bits per heavy atom. The first kappa shape index (κ1) is 16.3. The first-order chi connectivity index (χ1) is 14.4. The molecule has 1 aliphatic rings. The summed E-state index contributed by atoms with van der Waals surface area (Å²) in [4.78, 5) is 0. The lowest BCUT2D eigenvalue weighted by atomic mass is 9.88. The van der Waals surface area contributed by atoms with Gasteiger partial charge in [0.1, 0.15) is 0 Å². The van der Waals surface area contributed by atoms with Crippen molar-refractivity contribution in [3.05, 3.63) is 120 Å². The molecule has 29 heavy (non-hydrogen) atoms. The van der Waals surface area contributed by atoms with Crippen LogP contribution in [0.3, 0.4) is 0 Å². The van der Waals surface area contributed by atoms with E-state index in [9.17, 15) is 0 Å². The van der Waals surface area contributed by atoms with Crippen LogP contribution < -0.4 is 0 Å². The third-order valence-electron chi connectivity index (χ3n) is 6.09. The second-order valence-corrected chi connectivity index (χ2v) is 7.78. The molecule has 1 aliphatic carbocycles. The van der Waals surface area contributed by atoms with Crippen LogP contribution in [0.25, 0.3) is 44.2 Å². The summed E-state index contributed by atoms with van der Waals surface area (Å²) in [6, 6.07) is 39.7. The summed E-state index contributed by atoms with van der Waals surface area (Å²) in [5.41, 5.74) is 10.9. The summed E-state index contributed by atoms with van der Waals surface area (Å²) in [5, 5.41) is 2.64. The molecule has 0 saturated carbocycles. The lowest BCUT2D eigenvalue weighted by Gasteiger charge is -2.16. The van der Waals surface area contributed by atoms with Gasteiger partial charge in [-0.15, -0.1) is 0 Å². The molecule has 0 unspecified atom stereocenters. The lowest BCUT2D eigenvalue weighted by Crippen LogP contribution is -1.92. The quantitative estimate of drug-likeness (QED) is 0.293. The van der Waals surface area contributed by atoms with E-state index in [1.54, 1.807) is 0 Å². The Hall–Kier alpha value is -3.64. The molecule has 6 rings (SSSR count). The molecule has 0 spiro atoms. The molecule has 0 bridgehead atoms. The maximum atomic E-state index is 2.38. The maximum absolute atomic E-state index is 2.38. The molecular formula is C29H20. The molecule has 0 fully saturated rings. The Bertz CT molecular complexity index is 1350. The van der Waals surface area contributed by atoms with Crippen molar-refractivity contribution < 1.29 is 0 Å². The van der Waals surface area contributed by atoms with Gasteiger partial charge in [0.15, 0.2) is 0 Å². The molecule has 0 radical (unpaired) electrons. The van der Waals surface area contributed by atoms with Crippen LogP contribution in [0, 0.1) is 0 Å². The van der Waals surface area contributed by atoms with Crippen LogP contribution in [0.5, 0.6) is 0 Å². The Morgan fingerprint density at radius 1 is 0.448 bits per heavy atom. The van der Waals surface area contributed by atoms with E-state index < -0.39 is 0 Å². The van der Waals surface area contributed by atoms with E-state index in [-0.39, 0.29) is 0 Å². The zero-order chi connectivity index (χ0) is 19.2. The summed E-state index contributed by atoms with van der Waals surface area (Å²) in [6.07, 6.45) is 0.987. The average Bonchev–Trinajstić information content (AvgIpc) is 3.15. The Kier molecular flexibility index (Phi) is 3.64. The molecule has 0 heteroatoms. The van der Waals surface area contributed by atoms with Crippen LogP contribution in [0.4, 0.5) is 0 Å². The van der Waals surface area contributed by atoms with Crippen LogP contribution >= 0.6 is 0 Å². The van der Waals surface area contributed by atoms with Gasteiger partial charge in [0.2, 0.25) is 0 Å². The average molecular weight is 368 g/mol. The summed E-state index contributed by atoms with van der Waals surface area (Å²) < 4.78 is 0. The van der Waals surface area contributed by atoms with Gasteiger partial charge in [0.05, 0.1) is 0 Å². The van der Waals surface area contributed by atoms with Crippen LogP contribution in [0.1, 0.15) is 11.1 Å². The molecule has 0 amide bonds. The minimum Gasteiger partial charge on any atom is -0.0622 e. The highest BCUT2D eigenvalue weighted by atomic mass is 14.3. The van der Waals surface area contributed by atoms with Gasteiger partial charge in [-0.3, -0.25) is 0 Å². The highest BCUT2D eigenvalue weighted by molar-refractivity contribution is 5.97. The van der Waals surface area contributed by atoms with Gasteiger partial charge in [0, 0.05) is 0 Å². The smallest absolute Gasteiger partial charge is 0.000684 e. The van der Waals surface area contributed by atoms with Gasteiger partial charge >= 0.3 is 0 Å². The molecule has 0 aromatic heterocycles. The van der Waals surface area contributed by atoms with E-state index in [1.807, 2.05) is 0 Å². The predicted octanol–water partition coefficient (Wildman–Crippen LogP) is 7.75. The molecule has 5 aromatic rings. The van der Waals surface area contributed by atoms with Crippen molar-refractivity contribution in [1.82, 2.24) is 0 Å². The normalized spacial score (nSPS) is 12.0. The Morgan fingerprint density at radius 2 is 1.03 bits per heavy atom. The van der Waals surface area contributed by atoms with Crippen LogP contribution in [-0.2, 0) is 6.42 Å². The van der Waals surface area contributed by atoms with Gasteiger partial charge in [-0.25, -0.2) is 0 Å². The van der Waals surface area contributed by atoms with E-state index in [4.69, 9.17) is 0 Å². The van der Waals surface area contributed by atoms with Crippen molar-refractivity contribution in [2.75, 3.05) is 0 Å². The van der Waals surface area contributed by atoms with Crippen molar-refractivity contribution in [3.63, 3.8) is 0 Å². The van der Waals surface area contributed by atoms with Crippen molar-refractivity contribution >= 4 is 10.8 Å². The fourth-order valence-electron chi connectivity index (χ4n) is 4.75. The minimum absolute atomic E-state index is 0.987. The number of hydrogen-bond acceptors (Lipinski definition) is 0. The summed E-state index contributed by atoms with van der Waals surface area (Å²) >= 11 is 0. The second kappa shape index (κ2) is 6.46. The van der Waals surface area contributed by atoms with Crippen LogP contribution in [0.15, 0.2) is 109 Å². The van der Waals surface area contributed by atoms with Crippen molar-refractivity contribution in [2.45, 2.75) is 6.42 Å². The van der Waals surface area contributed by atoms with E-state index in [0.717, 1.165) is 6.42 Å². The fraction of sp³-hybridized carbons (Fsp3) is 0.0345. The molecule has 0 heterocycles. The highest BCUT2D eigenvalue weighted by Gasteiger charge is 2.24. The molecule has 0 saturated heterocycles. The summed E-state index contributed by atoms with van der Waals surface area (Å²) in [5.74, 6) is 0. The van der Waals surface area contributed by atoms with E-state index in [2.05, 4.69) is 109 Å². The van der Waals surface area contributed by atoms with Gasteiger partial charge < -0.3 is 0 Å². The number of rotatable bonds is 2. The Labute approximate surface area is 171 Å². The molecule has 136 valence electrons. The van der Waals surface area contributed by atoms with Crippen LogP contribution in [-0.4, -0.2) is 0 Å². The zero-order valence-corrected chi connectivity index (χ0v) is 16.1. The molecule has 0 N–H and O–H groups in total. The van der Waals surface area contributed by atoms with Gasteiger partial charge in [-0.2, -0.15) is 0 Å². The monoisotopic (exact) mass is 368 g/mol. The highest BCUT2D eigenvalue weighted by Crippen LogP contribution is 2.46. The summed E-state index contributed by atoms with van der Waals surface area (Å²) in [6.45, 7) is 0. The lowest BCUT2D eigenvalue weighted by molar-refractivity contribution is 1.27. The first-order valence-corrected chi connectivity index (χ1v) is 10.2. The molecule has 0 aliphatic heterocycles. The Balaban J connectivity index is 1.64. The first-order valence-electron chi connectivity index (χ1n) is 10.2. The standard InChI is InChI=1S/C29H20/c1-3-9-20(10-4-1)25-15-16-26-27-18-23-14-8-7-13-22(23)17-24(27)19-28(26)29(25)21-11-5-2-6-12-21/h1-18H,19H2. The molecule has 0 atom stereocenters. The van der Waals surface area contributed by atoms with E-state index in [1.165, 1.54) is 55.3 Å². The fourth-order valence-corrected chi connectivity index (χ4v) is 4.75. The van der Waals surface area contributed by atoms with Gasteiger partial charge in [-0.05, 0) is 67.8 Å². The third-order valence-corrected chi connectivity index (χ3v) is 6.09. The van der Waals surface area contributed by atoms with Gasteiger partial charge in [-0.1, -0.05) is 103 Å². The summed E-state index contributed by atoms with van der Waals surface area (Å²) in [7, 11) is 0. The van der Waals surface area contributed by atoms with Crippen LogP contribution in [0.2, 0.25) is 0 Å². The minimum atomic E-state index is 0.987. The SMILES string of the molecule is c1ccc(-c2ccc3c(c2-c2ccccc2)Cc2cc4ccccc4cc2-3)cc1. The zero-order valence-electron chi connectivity index (χ0n) is 16.1. The van der Waals surface area contributed by atoms with Gasteiger partial charge in [0.25, 0.3) is 0 Å². The largest absolute Gasteiger partial charge is 0.0622 e. The van der Waals surface area contributed by atoms with E-state index >= 15 is 0 Å². The molecule has 5 aromatic carbocycles. The third kappa shape index (κ3) is 2.61. The number of hydrogen-bond donors (Lipinski definition) is 0. The topological polar surface area (TPSA) is 0 Å².